The predicted octanol–water partition coefficient (Wildman–Crippen LogP) is 1.91. The third-order valence-corrected chi connectivity index (χ3v) is 2.70. The highest BCUT2D eigenvalue weighted by atomic mass is 16.5. The molecule has 0 radical (unpaired) electrons. The topological polar surface area (TPSA) is 95.9 Å². The van der Waals surface area contributed by atoms with E-state index in [1.54, 1.807) is 12.1 Å². The number of benzene rings is 1. The van der Waals surface area contributed by atoms with Crippen molar-refractivity contribution < 1.29 is 24.5 Å². The van der Waals surface area contributed by atoms with E-state index < -0.39 is 18.1 Å². The van der Waals surface area contributed by atoms with Crippen LogP contribution in [0.2, 0.25) is 0 Å². The SMILES string of the molecule is CCCCOC(=O)NC(Cc1ccc(O)cc1)C(=O)O. The lowest BCUT2D eigenvalue weighted by Gasteiger charge is -2.14. The number of ether oxygens (including phenoxy) is 1. The fourth-order valence-electron chi connectivity index (χ4n) is 1.56. The number of amides is 1. The van der Waals surface area contributed by atoms with Crippen molar-refractivity contribution in [2.24, 2.45) is 0 Å². The molecule has 0 aliphatic rings. The van der Waals surface area contributed by atoms with Gasteiger partial charge in [-0.15, -0.1) is 0 Å². The van der Waals surface area contributed by atoms with Crippen molar-refractivity contribution in [1.82, 2.24) is 5.32 Å². The van der Waals surface area contributed by atoms with Gasteiger partial charge >= 0.3 is 12.1 Å². The van der Waals surface area contributed by atoms with E-state index in [0.29, 0.717) is 5.56 Å². The lowest BCUT2D eigenvalue weighted by Crippen LogP contribution is -2.42. The van der Waals surface area contributed by atoms with Crippen LogP contribution >= 0.6 is 0 Å². The summed E-state index contributed by atoms with van der Waals surface area (Å²) >= 11 is 0. The first-order valence-electron chi connectivity index (χ1n) is 6.47. The van der Waals surface area contributed by atoms with Crippen molar-refractivity contribution in [2.45, 2.75) is 32.2 Å². The number of aliphatic carboxylic acids is 1. The lowest BCUT2D eigenvalue weighted by atomic mass is 10.1. The van der Waals surface area contributed by atoms with Gasteiger partial charge < -0.3 is 20.3 Å². The first-order chi connectivity index (χ1) is 9.52. The quantitative estimate of drug-likeness (QED) is 0.663. The number of alkyl carbamates (subject to hydrolysis) is 1. The van der Waals surface area contributed by atoms with Gasteiger partial charge in [-0.1, -0.05) is 25.5 Å². The molecule has 1 amide bonds. The maximum atomic E-state index is 11.4. The van der Waals surface area contributed by atoms with Crippen LogP contribution in [0, 0.1) is 0 Å². The molecule has 6 nitrogen and oxygen atoms in total. The predicted molar refractivity (Wildman–Crippen MR) is 72.6 cm³/mol. The van der Waals surface area contributed by atoms with Crippen LogP contribution in [0.3, 0.4) is 0 Å². The highest BCUT2D eigenvalue weighted by Crippen LogP contribution is 2.11. The third-order valence-electron chi connectivity index (χ3n) is 2.70. The Bertz CT molecular complexity index is 443. The maximum Gasteiger partial charge on any atom is 0.407 e. The summed E-state index contributed by atoms with van der Waals surface area (Å²) in [6, 6.07) is 5.08. The number of hydrogen-bond donors (Lipinski definition) is 3. The molecule has 1 unspecified atom stereocenters. The summed E-state index contributed by atoms with van der Waals surface area (Å²) in [7, 11) is 0. The highest BCUT2D eigenvalue weighted by Gasteiger charge is 2.21. The molecular weight excluding hydrogens is 262 g/mol. The van der Waals surface area contributed by atoms with Crippen molar-refractivity contribution in [2.75, 3.05) is 6.61 Å². The van der Waals surface area contributed by atoms with Crippen LogP contribution in [0.5, 0.6) is 5.75 Å². The maximum absolute atomic E-state index is 11.4. The van der Waals surface area contributed by atoms with Gasteiger partial charge in [-0.25, -0.2) is 9.59 Å². The minimum absolute atomic E-state index is 0.104. The van der Waals surface area contributed by atoms with Gasteiger partial charge in [0.05, 0.1) is 6.61 Å². The van der Waals surface area contributed by atoms with Gasteiger partial charge in [-0.05, 0) is 24.1 Å². The molecule has 0 heterocycles. The zero-order chi connectivity index (χ0) is 15.0. The Morgan fingerprint density at radius 2 is 1.95 bits per heavy atom. The standard InChI is InChI=1S/C14H19NO5/c1-2-3-8-20-14(19)15-12(13(17)18)9-10-4-6-11(16)7-5-10/h4-7,12,16H,2-3,8-9H2,1H3,(H,15,19)(H,17,18). The summed E-state index contributed by atoms with van der Waals surface area (Å²) < 4.78 is 4.87. The Morgan fingerprint density at radius 3 is 2.50 bits per heavy atom. The summed E-state index contributed by atoms with van der Waals surface area (Å²) in [5, 5.41) is 20.6. The van der Waals surface area contributed by atoms with Crippen LogP contribution in [0.4, 0.5) is 4.79 Å². The second-order valence-electron chi connectivity index (χ2n) is 4.40. The van der Waals surface area contributed by atoms with E-state index in [-0.39, 0.29) is 18.8 Å². The molecule has 0 bridgehead atoms. The lowest BCUT2D eigenvalue weighted by molar-refractivity contribution is -0.139. The molecule has 6 heteroatoms. The molecule has 110 valence electrons. The van der Waals surface area contributed by atoms with E-state index in [0.717, 1.165) is 12.8 Å². The number of nitrogens with one attached hydrogen (secondary N) is 1. The molecule has 20 heavy (non-hydrogen) atoms. The smallest absolute Gasteiger partial charge is 0.407 e. The molecule has 0 fully saturated rings. The number of carboxylic acids is 1. The number of hydrogen-bond acceptors (Lipinski definition) is 4. The fourth-order valence-corrected chi connectivity index (χ4v) is 1.56. The van der Waals surface area contributed by atoms with Crippen LogP contribution < -0.4 is 5.32 Å². The summed E-state index contributed by atoms with van der Waals surface area (Å²) in [5.41, 5.74) is 0.698. The number of carbonyl (C=O) groups is 2. The van der Waals surface area contributed by atoms with E-state index in [1.807, 2.05) is 6.92 Å². The third kappa shape index (κ3) is 5.60. The Labute approximate surface area is 117 Å². The van der Waals surface area contributed by atoms with Crippen molar-refractivity contribution in [3.63, 3.8) is 0 Å². The molecule has 0 aliphatic carbocycles. The molecule has 0 saturated carbocycles. The Balaban J connectivity index is 2.54. The fraction of sp³-hybridized carbons (Fsp3) is 0.429. The van der Waals surface area contributed by atoms with Gasteiger partial charge in [0.1, 0.15) is 11.8 Å². The van der Waals surface area contributed by atoms with Crippen LogP contribution in [0.15, 0.2) is 24.3 Å². The number of carboxylic acid groups (broad SMARTS) is 1. The van der Waals surface area contributed by atoms with E-state index in [2.05, 4.69) is 5.32 Å². The first-order valence-corrected chi connectivity index (χ1v) is 6.47. The average molecular weight is 281 g/mol. The van der Waals surface area contributed by atoms with E-state index >= 15 is 0 Å². The zero-order valence-electron chi connectivity index (χ0n) is 11.3. The number of unbranched alkanes of at least 4 members (excludes halogenated alkanes) is 1. The molecule has 0 saturated heterocycles. The van der Waals surface area contributed by atoms with Crippen molar-refractivity contribution in [3.8, 4) is 5.75 Å². The minimum Gasteiger partial charge on any atom is -0.508 e. The second-order valence-corrected chi connectivity index (χ2v) is 4.40. The zero-order valence-corrected chi connectivity index (χ0v) is 11.3. The second kappa shape index (κ2) is 8.04. The highest BCUT2D eigenvalue weighted by molar-refractivity contribution is 5.80. The molecular formula is C14H19NO5. The summed E-state index contributed by atoms with van der Waals surface area (Å²) in [6.07, 6.45) is 1.02. The summed E-state index contributed by atoms with van der Waals surface area (Å²) in [4.78, 5) is 22.6. The Hall–Kier alpha value is -2.24. The molecule has 3 N–H and O–H groups in total. The number of carbonyl (C=O) groups excluding carboxylic acids is 1. The van der Waals surface area contributed by atoms with Crippen molar-refractivity contribution in [1.29, 1.82) is 0 Å². The largest absolute Gasteiger partial charge is 0.508 e. The Morgan fingerprint density at radius 1 is 1.30 bits per heavy atom. The first kappa shape index (κ1) is 15.8. The monoisotopic (exact) mass is 281 g/mol. The summed E-state index contributed by atoms with van der Waals surface area (Å²) in [6.45, 7) is 2.24. The van der Waals surface area contributed by atoms with Gasteiger partial charge in [0.25, 0.3) is 0 Å². The van der Waals surface area contributed by atoms with E-state index in [4.69, 9.17) is 14.9 Å². The van der Waals surface area contributed by atoms with Crippen molar-refractivity contribution in [3.05, 3.63) is 29.8 Å². The van der Waals surface area contributed by atoms with E-state index in [9.17, 15) is 9.59 Å². The van der Waals surface area contributed by atoms with Gasteiger partial charge in [0, 0.05) is 6.42 Å². The average Bonchev–Trinajstić information content (AvgIpc) is 2.40. The number of phenols is 1. The van der Waals surface area contributed by atoms with Gasteiger partial charge in [0.15, 0.2) is 0 Å². The van der Waals surface area contributed by atoms with Crippen LogP contribution in [-0.2, 0) is 16.0 Å². The molecule has 1 aromatic carbocycles. The summed E-state index contributed by atoms with van der Waals surface area (Å²) in [5.74, 6) is -1.03. The van der Waals surface area contributed by atoms with Crippen LogP contribution in [0.1, 0.15) is 25.3 Å². The molecule has 0 aliphatic heterocycles. The van der Waals surface area contributed by atoms with Crippen LogP contribution in [0.25, 0.3) is 0 Å². The number of rotatable bonds is 7. The number of aromatic hydroxyl groups is 1. The van der Waals surface area contributed by atoms with Crippen LogP contribution in [-0.4, -0.2) is 34.9 Å². The van der Waals surface area contributed by atoms with Gasteiger partial charge in [-0.3, -0.25) is 0 Å². The Kier molecular flexibility index (Phi) is 6.36. The van der Waals surface area contributed by atoms with E-state index in [1.165, 1.54) is 12.1 Å². The molecule has 1 atom stereocenters. The van der Waals surface area contributed by atoms with Crippen molar-refractivity contribution >= 4 is 12.1 Å². The van der Waals surface area contributed by atoms with Gasteiger partial charge in [-0.2, -0.15) is 0 Å². The minimum atomic E-state index is -1.13. The number of phenolic OH excluding ortho intramolecular Hbond substituents is 1. The normalized spacial score (nSPS) is 11.7. The molecule has 1 rings (SSSR count). The van der Waals surface area contributed by atoms with Gasteiger partial charge in [0.2, 0.25) is 0 Å². The molecule has 0 spiro atoms. The molecule has 1 aromatic rings. The molecule has 0 aromatic heterocycles.